The third-order valence-corrected chi connectivity index (χ3v) is 6.32. The minimum atomic E-state index is -0.788. The number of methoxy groups -OCH3 is 2. The fourth-order valence-electron chi connectivity index (χ4n) is 3.23. The van der Waals surface area contributed by atoms with Crippen LogP contribution in [-0.2, 0) is 0 Å². The maximum Gasteiger partial charge on any atom is 0.183 e. The van der Waals surface area contributed by atoms with E-state index in [4.69, 9.17) is 14.0 Å². The average Bonchev–Trinajstić information content (AvgIpc) is 3.34. The normalized spacial score (nSPS) is 17.8. The number of nitrogens with one attached hydrogen (secondary N) is 1. The number of hydrogen-bond acceptors (Lipinski definition) is 6. The maximum absolute atomic E-state index is 13.7. The molecule has 0 aliphatic heterocycles. The quantitative estimate of drug-likeness (QED) is 0.397. The van der Waals surface area contributed by atoms with Crippen LogP contribution in [0.1, 0.15) is 23.5 Å². The summed E-state index contributed by atoms with van der Waals surface area (Å²) in [5.41, 5.74) is 2.66. The van der Waals surface area contributed by atoms with Gasteiger partial charge in [-0.3, -0.25) is 0 Å². The van der Waals surface area contributed by atoms with Crippen LogP contribution in [-0.4, -0.2) is 25.5 Å². The Balaban J connectivity index is 1.62. The fraction of sp³-hybridized carbons (Fsp3) is 0.286. The van der Waals surface area contributed by atoms with Gasteiger partial charge in [0.15, 0.2) is 11.6 Å². The first-order valence-corrected chi connectivity index (χ1v) is 10.7. The molecule has 5 nitrogen and oxygen atoms in total. The first kappa shape index (κ1) is 20.1. The summed E-state index contributed by atoms with van der Waals surface area (Å²) in [7, 11) is 3.23. The standard InChI is InChI=1S/C21H20BrFN2O3S/c1-11-19(15-9-12(22)7-8-13(15)14-10-16(14)23)28-24-21(11)25-29-20-17(26-2)5-4-6-18(20)27-3/h4-9,14,16H,10H2,1-3H3,(H,24,25). The lowest BCUT2D eigenvalue weighted by atomic mass is 9.99. The number of rotatable bonds is 7. The molecule has 1 N–H and O–H groups in total. The number of aromatic nitrogens is 1. The minimum Gasteiger partial charge on any atom is -0.495 e. The van der Waals surface area contributed by atoms with Crippen molar-refractivity contribution in [2.45, 2.75) is 30.3 Å². The molecule has 0 bridgehead atoms. The molecule has 0 radical (unpaired) electrons. The molecule has 1 aliphatic carbocycles. The lowest BCUT2D eigenvalue weighted by molar-refractivity contribution is 0.376. The molecule has 0 saturated heterocycles. The van der Waals surface area contributed by atoms with Gasteiger partial charge < -0.3 is 18.7 Å². The van der Waals surface area contributed by atoms with E-state index < -0.39 is 6.17 Å². The van der Waals surface area contributed by atoms with Gasteiger partial charge in [0.2, 0.25) is 0 Å². The smallest absolute Gasteiger partial charge is 0.183 e. The highest BCUT2D eigenvalue weighted by Gasteiger charge is 2.40. The Hall–Kier alpha value is -2.19. The van der Waals surface area contributed by atoms with Crippen molar-refractivity contribution in [3.8, 4) is 22.8 Å². The van der Waals surface area contributed by atoms with Crippen molar-refractivity contribution in [3.63, 3.8) is 0 Å². The predicted octanol–water partition coefficient (Wildman–Crippen LogP) is 6.37. The van der Waals surface area contributed by atoms with Gasteiger partial charge in [-0.05, 0) is 55.1 Å². The van der Waals surface area contributed by atoms with Crippen LogP contribution in [0.4, 0.5) is 10.2 Å². The van der Waals surface area contributed by atoms with Gasteiger partial charge in [-0.2, -0.15) is 0 Å². The SMILES string of the molecule is COc1cccc(OC)c1SNc1noc(-c2cc(Br)ccc2C2CC2F)c1C. The molecule has 2 atom stereocenters. The molecule has 3 aromatic rings. The summed E-state index contributed by atoms with van der Waals surface area (Å²) in [4.78, 5) is 0.808. The van der Waals surface area contributed by atoms with E-state index in [0.29, 0.717) is 29.5 Å². The van der Waals surface area contributed by atoms with Crippen molar-refractivity contribution in [1.29, 1.82) is 0 Å². The molecule has 1 aromatic heterocycles. The summed E-state index contributed by atoms with van der Waals surface area (Å²) in [6.45, 7) is 1.93. The lowest BCUT2D eigenvalue weighted by Crippen LogP contribution is -1.95. The Bertz CT molecular complexity index is 1020. The van der Waals surface area contributed by atoms with E-state index in [9.17, 15) is 4.39 Å². The molecule has 4 rings (SSSR count). The van der Waals surface area contributed by atoms with Crippen LogP contribution < -0.4 is 14.2 Å². The average molecular weight is 479 g/mol. The molecule has 1 saturated carbocycles. The largest absolute Gasteiger partial charge is 0.495 e. The summed E-state index contributed by atoms with van der Waals surface area (Å²) in [6, 6.07) is 11.4. The van der Waals surface area contributed by atoms with E-state index in [0.717, 1.165) is 26.1 Å². The molecule has 8 heteroatoms. The third kappa shape index (κ3) is 3.96. The lowest BCUT2D eigenvalue weighted by Gasteiger charge is -2.12. The second kappa shape index (κ2) is 8.28. The van der Waals surface area contributed by atoms with Gasteiger partial charge in [-0.1, -0.05) is 33.2 Å². The van der Waals surface area contributed by atoms with Gasteiger partial charge in [0.1, 0.15) is 22.6 Å². The molecule has 1 fully saturated rings. The summed E-state index contributed by atoms with van der Waals surface area (Å²) < 4.78 is 34.4. The van der Waals surface area contributed by atoms with Crippen molar-refractivity contribution in [1.82, 2.24) is 5.16 Å². The number of anilines is 1. The second-order valence-electron chi connectivity index (χ2n) is 6.77. The molecule has 1 heterocycles. The van der Waals surface area contributed by atoms with Gasteiger partial charge in [-0.25, -0.2) is 4.39 Å². The Labute approximate surface area is 181 Å². The summed E-state index contributed by atoms with van der Waals surface area (Å²) in [5, 5.41) is 4.19. The van der Waals surface area contributed by atoms with Gasteiger partial charge in [0.25, 0.3) is 0 Å². The summed E-state index contributed by atoms with van der Waals surface area (Å²) in [6.07, 6.45) is -0.236. The van der Waals surface area contributed by atoms with E-state index in [1.807, 2.05) is 43.3 Å². The Morgan fingerprint density at radius 3 is 2.52 bits per heavy atom. The van der Waals surface area contributed by atoms with Crippen molar-refractivity contribution in [3.05, 3.63) is 52.0 Å². The van der Waals surface area contributed by atoms with Gasteiger partial charge in [0, 0.05) is 21.5 Å². The van der Waals surface area contributed by atoms with E-state index in [1.54, 1.807) is 14.2 Å². The van der Waals surface area contributed by atoms with Gasteiger partial charge >= 0.3 is 0 Å². The van der Waals surface area contributed by atoms with Crippen molar-refractivity contribution < 1.29 is 18.4 Å². The number of nitrogens with zero attached hydrogens (tertiary/aromatic N) is 1. The van der Waals surface area contributed by atoms with Crippen LogP contribution in [0.5, 0.6) is 11.5 Å². The molecule has 152 valence electrons. The highest BCUT2D eigenvalue weighted by Crippen LogP contribution is 2.48. The number of ether oxygens (including phenoxy) is 2. The van der Waals surface area contributed by atoms with E-state index >= 15 is 0 Å². The Morgan fingerprint density at radius 1 is 1.21 bits per heavy atom. The number of alkyl halides is 1. The van der Waals surface area contributed by atoms with Gasteiger partial charge in [0.05, 0.1) is 14.2 Å². The summed E-state index contributed by atoms with van der Waals surface area (Å²) >= 11 is 4.83. The third-order valence-electron chi connectivity index (χ3n) is 4.93. The minimum absolute atomic E-state index is 0.0776. The van der Waals surface area contributed by atoms with E-state index in [1.165, 1.54) is 11.9 Å². The first-order valence-electron chi connectivity index (χ1n) is 9.07. The zero-order valence-corrected chi connectivity index (χ0v) is 18.6. The van der Waals surface area contributed by atoms with Crippen LogP contribution >= 0.6 is 27.9 Å². The molecule has 2 aromatic carbocycles. The molecule has 0 spiro atoms. The first-order chi connectivity index (χ1) is 14.0. The van der Waals surface area contributed by atoms with Crippen LogP contribution in [0.15, 0.2) is 50.3 Å². The number of hydrogen-bond donors (Lipinski definition) is 1. The maximum atomic E-state index is 13.7. The highest BCUT2D eigenvalue weighted by atomic mass is 79.9. The molecule has 29 heavy (non-hydrogen) atoms. The van der Waals surface area contributed by atoms with Crippen molar-refractivity contribution >= 4 is 33.7 Å². The number of benzene rings is 2. The molecule has 2 unspecified atom stereocenters. The number of halogens is 2. The predicted molar refractivity (Wildman–Crippen MR) is 116 cm³/mol. The van der Waals surface area contributed by atoms with Crippen molar-refractivity contribution in [2.75, 3.05) is 18.9 Å². The van der Waals surface area contributed by atoms with Crippen LogP contribution in [0.3, 0.4) is 0 Å². The van der Waals surface area contributed by atoms with Crippen molar-refractivity contribution in [2.24, 2.45) is 0 Å². The monoisotopic (exact) mass is 478 g/mol. The van der Waals surface area contributed by atoms with Crippen LogP contribution in [0.25, 0.3) is 11.3 Å². The van der Waals surface area contributed by atoms with Crippen LogP contribution in [0, 0.1) is 6.92 Å². The molecular formula is C21H20BrFN2O3S. The summed E-state index contributed by atoms with van der Waals surface area (Å²) in [5.74, 6) is 2.54. The molecule has 1 aliphatic rings. The fourth-order valence-corrected chi connectivity index (χ4v) is 4.49. The highest BCUT2D eigenvalue weighted by molar-refractivity contribution is 9.10. The van der Waals surface area contributed by atoms with E-state index in [-0.39, 0.29) is 5.92 Å². The van der Waals surface area contributed by atoms with Gasteiger partial charge in [-0.15, -0.1) is 0 Å². The Morgan fingerprint density at radius 2 is 1.90 bits per heavy atom. The zero-order chi connectivity index (χ0) is 20.5. The molecular weight excluding hydrogens is 459 g/mol. The topological polar surface area (TPSA) is 56.5 Å². The molecule has 0 amide bonds. The zero-order valence-electron chi connectivity index (χ0n) is 16.2. The Kier molecular flexibility index (Phi) is 5.74. The van der Waals surface area contributed by atoms with Crippen LogP contribution in [0.2, 0.25) is 0 Å². The second-order valence-corrected chi connectivity index (χ2v) is 8.50. The van der Waals surface area contributed by atoms with E-state index in [2.05, 4.69) is 25.8 Å².